The fourth-order valence-corrected chi connectivity index (χ4v) is 3.18. The van der Waals surface area contributed by atoms with E-state index in [4.69, 9.17) is 5.73 Å². The van der Waals surface area contributed by atoms with E-state index < -0.39 is 22.1 Å². The van der Waals surface area contributed by atoms with Gasteiger partial charge in [0.1, 0.15) is 6.04 Å². The van der Waals surface area contributed by atoms with Crippen molar-refractivity contribution in [1.29, 1.82) is 0 Å². The number of urea groups is 1. The van der Waals surface area contributed by atoms with Crippen molar-refractivity contribution >= 4 is 22.0 Å². The van der Waals surface area contributed by atoms with Gasteiger partial charge in [0.25, 0.3) is 0 Å². The normalized spacial score (nSPS) is 12.4. The number of carbonyl (C=O) groups excluding carboxylic acids is 2. The Balaban J connectivity index is 2.48. The van der Waals surface area contributed by atoms with Crippen molar-refractivity contribution in [3.8, 4) is 0 Å². The molecule has 0 bridgehead atoms. The van der Waals surface area contributed by atoms with E-state index >= 15 is 0 Å². The van der Waals surface area contributed by atoms with Crippen LogP contribution in [-0.2, 0) is 14.8 Å². The molecule has 0 aromatic heterocycles. The summed E-state index contributed by atoms with van der Waals surface area (Å²) in [4.78, 5) is 23.2. The lowest BCUT2D eigenvalue weighted by Gasteiger charge is -2.17. The van der Waals surface area contributed by atoms with E-state index in [1.165, 1.54) is 12.1 Å². The standard InChI is InChI=1S/C16H26N4O4S/c1-3-4-5-14(20-16(17)22)15(21)18-10-11-19-25(23,24)13-8-6-12(2)7-9-13/h6-9,14,19H,3-5,10-11H2,1-2H3,(H,18,21)(H3,17,20,22)/t14-/m1/s1. The minimum Gasteiger partial charge on any atom is -0.353 e. The van der Waals surface area contributed by atoms with Crippen LogP contribution in [0.25, 0.3) is 0 Å². The Morgan fingerprint density at radius 2 is 1.80 bits per heavy atom. The molecule has 1 aromatic rings. The zero-order chi connectivity index (χ0) is 18.9. The van der Waals surface area contributed by atoms with Crippen molar-refractivity contribution in [3.63, 3.8) is 0 Å². The van der Waals surface area contributed by atoms with Gasteiger partial charge in [-0.3, -0.25) is 4.79 Å². The molecule has 3 amide bonds. The lowest BCUT2D eigenvalue weighted by Crippen LogP contribution is -2.49. The van der Waals surface area contributed by atoms with Gasteiger partial charge >= 0.3 is 6.03 Å². The molecule has 1 rings (SSSR count). The maximum Gasteiger partial charge on any atom is 0.312 e. The van der Waals surface area contributed by atoms with Crippen molar-refractivity contribution < 1.29 is 18.0 Å². The van der Waals surface area contributed by atoms with Crippen LogP contribution in [-0.4, -0.2) is 39.5 Å². The third kappa shape index (κ3) is 7.53. The molecule has 140 valence electrons. The molecule has 0 aliphatic heterocycles. The number of aryl methyl sites for hydroxylation is 1. The van der Waals surface area contributed by atoms with Crippen LogP contribution in [0.2, 0.25) is 0 Å². The van der Waals surface area contributed by atoms with Gasteiger partial charge in [0.05, 0.1) is 4.90 Å². The highest BCUT2D eigenvalue weighted by Crippen LogP contribution is 2.09. The maximum atomic E-state index is 12.1. The van der Waals surface area contributed by atoms with Gasteiger partial charge in [-0.15, -0.1) is 0 Å². The lowest BCUT2D eigenvalue weighted by atomic mass is 10.1. The first-order valence-corrected chi connectivity index (χ1v) is 9.64. The van der Waals surface area contributed by atoms with Crippen molar-refractivity contribution in [2.24, 2.45) is 5.73 Å². The first kappa shape index (κ1) is 20.9. The summed E-state index contributed by atoms with van der Waals surface area (Å²) in [5, 5.41) is 4.98. The average molecular weight is 370 g/mol. The zero-order valence-electron chi connectivity index (χ0n) is 14.5. The number of rotatable bonds is 10. The van der Waals surface area contributed by atoms with Gasteiger partial charge < -0.3 is 16.4 Å². The molecular formula is C16H26N4O4S. The Labute approximate surface area is 148 Å². The van der Waals surface area contributed by atoms with Crippen molar-refractivity contribution in [2.75, 3.05) is 13.1 Å². The number of amides is 3. The number of sulfonamides is 1. The van der Waals surface area contributed by atoms with E-state index in [0.717, 1.165) is 18.4 Å². The van der Waals surface area contributed by atoms with Gasteiger partial charge in [-0.2, -0.15) is 0 Å². The number of benzene rings is 1. The molecule has 25 heavy (non-hydrogen) atoms. The fourth-order valence-electron chi connectivity index (χ4n) is 2.14. The quantitative estimate of drug-likeness (QED) is 0.450. The Morgan fingerprint density at radius 3 is 2.36 bits per heavy atom. The van der Waals surface area contributed by atoms with E-state index in [1.807, 2.05) is 13.8 Å². The average Bonchev–Trinajstić information content (AvgIpc) is 2.55. The van der Waals surface area contributed by atoms with E-state index in [2.05, 4.69) is 15.4 Å². The second-order valence-electron chi connectivity index (χ2n) is 5.71. The molecule has 0 saturated carbocycles. The van der Waals surface area contributed by atoms with Gasteiger partial charge in [0.2, 0.25) is 15.9 Å². The fraction of sp³-hybridized carbons (Fsp3) is 0.500. The molecule has 5 N–H and O–H groups in total. The molecule has 0 radical (unpaired) electrons. The number of nitrogens with one attached hydrogen (secondary N) is 3. The van der Waals surface area contributed by atoms with Crippen LogP contribution in [0.3, 0.4) is 0 Å². The number of hydrogen-bond donors (Lipinski definition) is 4. The van der Waals surface area contributed by atoms with Crippen LogP contribution in [0.1, 0.15) is 31.7 Å². The Morgan fingerprint density at radius 1 is 1.16 bits per heavy atom. The summed E-state index contributed by atoms with van der Waals surface area (Å²) in [6, 6.07) is 4.98. The SMILES string of the molecule is CCCC[C@@H](NC(N)=O)C(=O)NCCNS(=O)(=O)c1ccc(C)cc1. The van der Waals surface area contributed by atoms with Crippen LogP contribution in [0, 0.1) is 6.92 Å². The van der Waals surface area contributed by atoms with Crippen LogP contribution >= 0.6 is 0 Å². The molecule has 0 aliphatic rings. The predicted octanol–water partition coefficient (Wildman–Crippen LogP) is 0.617. The summed E-state index contributed by atoms with van der Waals surface area (Å²) in [6.07, 6.45) is 2.11. The second kappa shape index (κ2) is 10.00. The van der Waals surface area contributed by atoms with E-state index in [9.17, 15) is 18.0 Å². The summed E-state index contributed by atoms with van der Waals surface area (Å²) < 4.78 is 26.6. The summed E-state index contributed by atoms with van der Waals surface area (Å²) >= 11 is 0. The van der Waals surface area contributed by atoms with Crippen LogP contribution < -0.4 is 21.1 Å². The number of unbranched alkanes of at least 4 members (excludes halogenated alkanes) is 1. The highest BCUT2D eigenvalue weighted by atomic mass is 32.2. The van der Waals surface area contributed by atoms with Crippen molar-refractivity contribution in [1.82, 2.24) is 15.4 Å². The molecule has 1 aromatic carbocycles. The molecule has 1 atom stereocenters. The maximum absolute atomic E-state index is 12.1. The number of nitrogens with two attached hydrogens (primary N) is 1. The van der Waals surface area contributed by atoms with Gasteiger partial charge in [-0.1, -0.05) is 37.5 Å². The van der Waals surface area contributed by atoms with Crippen LogP contribution in [0.4, 0.5) is 4.79 Å². The van der Waals surface area contributed by atoms with E-state index in [1.54, 1.807) is 12.1 Å². The molecule has 0 fully saturated rings. The van der Waals surface area contributed by atoms with E-state index in [-0.39, 0.29) is 23.9 Å². The van der Waals surface area contributed by atoms with Crippen LogP contribution in [0.5, 0.6) is 0 Å². The summed E-state index contributed by atoms with van der Waals surface area (Å²) in [6.45, 7) is 3.99. The third-order valence-electron chi connectivity index (χ3n) is 3.53. The topological polar surface area (TPSA) is 130 Å². The number of primary amides is 1. The third-order valence-corrected chi connectivity index (χ3v) is 5.00. The van der Waals surface area contributed by atoms with Gasteiger partial charge in [0, 0.05) is 13.1 Å². The first-order chi connectivity index (χ1) is 11.8. The molecule has 0 aliphatic carbocycles. The van der Waals surface area contributed by atoms with Crippen molar-refractivity contribution in [3.05, 3.63) is 29.8 Å². The monoisotopic (exact) mass is 370 g/mol. The Bertz CT molecular complexity index is 674. The molecule has 0 unspecified atom stereocenters. The summed E-state index contributed by atoms with van der Waals surface area (Å²) in [7, 11) is -3.62. The smallest absolute Gasteiger partial charge is 0.312 e. The molecule has 0 heterocycles. The highest BCUT2D eigenvalue weighted by molar-refractivity contribution is 7.89. The largest absolute Gasteiger partial charge is 0.353 e. The molecule has 0 saturated heterocycles. The molecular weight excluding hydrogens is 344 g/mol. The van der Waals surface area contributed by atoms with Gasteiger partial charge in [0.15, 0.2) is 0 Å². The highest BCUT2D eigenvalue weighted by Gasteiger charge is 2.19. The number of hydrogen-bond acceptors (Lipinski definition) is 4. The Kier molecular flexibility index (Phi) is 8.36. The minimum absolute atomic E-state index is 0.0407. The lowest BCUT2D eigenvalue weighted by molar-refractivity contribution is -0.123. The summed E-state index contributed by atoms with van der Waals surface area (Å²) in [5.74, 6) is -0.387. The summed E-state index contributed by atoms with van der Waals surface area (Å²) in [5.41, 5.74) is 6.03. The minimum atomic E-state index is -3.62. The zero-order valence-corrected chi connectivity index (χ0v) is 15.4. The predicted molar refractivity (Wildman–Crippen MR) is 95.4 cm³/mol. The molecule has 0 spiro atoms. The van der Waals surface area contributed by atoms with E-state index in [0.29, 0.717) is 6.42 Å². The van der Waals surface area contributed by atoms with Gasteiger partial charge in [-0.05, 0) is 25.5 Å². The second-order valence-corrected chi connectivity index (χ2v) is 7.47. The van der Waals surface area contributed by atoms with Crippen LogP contribution in [0.15, 0.2) is 29.2 Å². The first-order valence-electron chi connectivity index (χ1n) is 8.16. The van der Waals surface area contributed by atoms with Gasteiger partial charge in [-0.25, -0.2) is 17.9 Å². The molecule has 8 nitrogen and oxygen atoms in total. The van der Waals surface area contributed by atoms with Crippen molar-refractivity contribution in [2.45, 2.75) is 44.0 Å². The Hall–Kier alpha value is -2.13. The number of carbonyl (C=O) groups is 2. The molecule has 9 heteroatoms.